The van der Waals surface area contributed by atoms with Crippen molar-refractivity contribution >= 4 is 37.6 Å². The number of alkyl halides is 3. The summed E-state index contributed by atoms with van der Waals surface area (Å²) < 4.78 is 72.1. The van der Waals surface area contributed by atoms with E-state index >= 15 is 0 Å². The molecule has 0 amide bonds. The van der Waals surface area contributed by atoms with Crippen LogP contribution in [0.2, 0.25) is 0 Å². The number of benzene rings is 4. The zero-order valence-corrected chi connectivity index (χ0v) is 17.3. The largest absolute Gasteiger partial charge is 0.534 e. The fraction of sp³-hybridized carbons (Fsp3) is 0.0870. The van der Waals surface area contributed by atoms with Crippen LogP contribution < -0.4 is 8.92 Å². The maximum Gasteiger partial charge on any atom is 0.534 e. The molecule has 0 spiro atoms. The van der Waals surface area contributed by atoms with Crippen molar-refractivity contribution in [3.63, 3.8) is 0 Å². The van der Waals surface area contributed by atoms with E-state index in [2.05, 4.69) is 4.18 Å². The molecule has 32 heavy (non-hydrogen) atoms. The smallest absolute Gasteiger partial charge is 0.426 e. The molecule has 0 saturated carbocycles. The Morgan fingerprint density at radius 1 is 0.750 bits per heavy atom. The predicted molar refractivity (Wildman–Crippen MR) is 114 cm³/mol. The average Bonchev–Trinajstić information content (AvgIpc) is 2.72. The fourth-order valence-electron chi connectivity index (χ4n) is 3.54. The van der Waals surface area contributed by atoms with Gasteiger partial charge in [-0.25, -0.2) is 0 Å². The van der Waals surface area contributed by atoms with Crippen molar-refractivity contribution in [3.8, 4) is 22.6 Å². The molecule has 0 fully saturated rings. The zero-order chi connectivity index (χ0) is 23.1. The minimum absolute atomic E-state index is 0.174. The van der Waals surface area contributed by atoms with E-state index in [9.17, 15) is 26.4 Å². The third kappa shape index (κ3) is 3.87. The van der Waals surface area contributed by atoms with Crippen LogP contribution >= 0.6 is 0 Å². The molecule has 4 aromatic carbocycles. The predicted octanol–water partition coefficient (Wildman–Crippen LogP) is 5.81. The van der Waals surface area contributed by atoms with Gasteiger partial charge in [-0.2, -0.15) is 21.6 Å². The van der Waals surface area contributed by atoms with Crippen molar-refractivity contribution in [3.05, 3.63) is 72.8 Å². The Hall–Kier alpha value is -3.59. The van der Waals surface area contributed by atoms with E-state index in [4.69, 9.17) is 4.74 Å². The lowest BCUT2D eigenvalue weighted by molar-refractivity contribution is -0.131. The van der Waals surface area contributed by atoms with E-state index in [0.717, 1.165) is 11.5 Å². The van der Waals surface area contributed by atoms with Gasteiger partial charge in [0, 0.05) is 17.7 Å². The number of hydrogen-bond acceptors (Lipinski definition) is 5. The molecule has 0 radical (unpaired) electrons. The number of ether oxygens (including phenoxy) is 1. The fourth-order valence-corrected chi connectivity index (χ4v) is 4.01. The van der Waals surface area contributed by atoms with Gasteiger partial charge in [-0.3, -0.25) is 4.79 Å². The van der Waals surface area contributed by atoms with E-state index in [1.165, 1.54) is 13.0 Å². The number of halogens is 3. The molecule has 0 heterocycles. The first kappa shape index (κ1) is 21.6. The van der Waals surface area contributed by atoms with Gasteiger partial charge < -0.3 is 8.92 Å². The summed E-state index contributed by atoms with van der Waals surface area (Å²) >= 11 is 0. The van der Waals surface area contributed by atoms with Crippen LogP contribution in [0.1, 0.15) is 6.92 Å². The Bertz CT molecular complexity index is 1450. The third-order valence-electron chi connectivity index (χ3n) is 4.76. The van der Waals surface area contributed by atoms with Crippen molar-refractivity contribution in [2.75, 3.05) is 0 Å². The Kier molecular flexibility index (Phi) is 5.29. The Morgan fingerprint density at radius 3 is 1.66 bits per heavy atom. The summed E-state index contributed by atoms with van der Waals surface area (Å²) in [6, 6.07) is 19.5. The molecule has 0 aliphatic rings. The lowest BCUT2D eigenvalue weighted by atomic mass is 9.93. The summed E-state index contributed by atoms with van der Waals surface area (Å²) in [6.07, 6.45) is 0. The lowest BCUT2D eigenvalue weighted by Crippen LogP contribution is -2.28. The van der Waals surface area contributed by atoms with E-state index in [1.807, 2.05) is 0 Å². The summed E-state index contributed by atoms with van der Waals surface area (Å²) in [4.78, 5) is 11.6. The van der Waals surface area contributed by atoms with Gasteiger partial charge in [0.1, 0.15) is 5.75 Å². The molecule has 4 rings (SSSR count). The summed E-state index contributed by atoms with van der Waals surface area (Å²) in [5.74, 6) is -0.730. The average molecular weight is 460 g/mol. The second-order valence-corrected chi connectivity index (χ2v) is 8.43. The van der Waals surface area contributed by atoms with E-state index < -0.39 is 27.3 Å². The second-order valence-electron chi connectivity index (χ2n) is 6.90. The van der Waals surface area contributed by atoms with Crippen molar-refractivity contribution in [2.24, 2.45) is 0 Å². The van der Waals surface area contributed by atoms with E-state index in [-0.39, 0.29) is 11.1 Å². The monoisotopic (exact) mass is 460 g/mol. The summed E-state index contributed by atoms with van der Waals surface area (Å²) in [6.45, 7) is 1.26. The van der Waals surface area contributed by atoms with Gasteiger partial charge in [-0.05, 0) is 34.0 Å². The highest BCUT2D eigenvalue weighted by atomic mass is 32.2. The number of rotatable bonds is 4. The van der Waals surface area contributed by atoms with Crippen LogP contribution in [0.5, 0.6) is 11.5 Å². The Labute approximate surface area is 181 Å². The number of carbonyl (C=O) groups is 1. The van der Waals surface area contributed by atoms with Crippen LogP contribution in [0.15, 0.2) is 72.8 Å². The molecule has 0 aliphatic heterocycles. The molecule has 0 bridgehead atoms. The summed E-state index contributed by atoms with van der Waals surface area (Å²) in [5.41, 5.74) is -4.63. The van der Waals surface area contributed by atoms with Crippen molar-refractivity contribution in [1.29, 1.82) is 0 Å². The summed E-state index contributed by atoms with van der Waals surface area (Å²) in [5, 5.41) is 1.91. The van der Waals surface area contributed by atoms with Crippen LogP contribution in [0.25, 0.3) is 32.7 Å². The number of carbonyl (C=O) groups excluding carboxylic acids is 1. The maximum atomic E-state index is 13.0. The van der Waals surface area contributed by atoms with Crippen LogP contribution in [0, 0.1) is 0 Å². The van der Waals surface area contributed by atoms with Crippen molar-refractivity contribution < 1.29 is 35.3 Å². The van der Waals surface area contributed by atoms with Gasteiger partial charge in [-0.1, -0.05) is 60.7 Å². The highest BCUT2D eigenvalue weighted by molar-refractivity contribution is 7.88. The van der Waals surface area contributed by atoms with Crippen molar-refractivity contribution in [2.45, 2.75) is 12.4 Å². The molecule has 164 valence electrons. The normalized spacial score (nSPS) is 12.1. The Morgan fingerprint density at radius 2 is 1.19 bits per heavy atom. The molecule has 0 aliphatic carbocycles. The first-order valence-corrected chi connectivity index (χ1v) is 10.7. The highest BCUT2D eigenvalue weighted by Gasteiger charge is 2.48. The van der Waals surface area contributed by atoms with Crippen LogP contribution in [-0.2, 0) is 14.9 Å². The van der Waals surface area contributed by atoms with Crippen LogP contribution in [-0.4, -0.2) is 19.9 Å². The highest BCUT2D eigenvalue weighted by Crippen LogP contribution is 2.42. The van der Waals surface area contributed by atoms with Gasteiger partial charge in [0.2, 0.25) is 0 Å². The minimum atomic E-state index is -5.88. The molecule has 5 nitrogen and oxygen atoms in total. The van der Waals surface area contributed by atoms with Gasteiger partial charge >= 0.3 is 21.6 Å². The molecule has 0 unspecified atom stereocenters. The topological polar surface area (TPSA) is 69.7 Å². The van der Waals surface area contributed by atoms with Crippen molar-refractivity contribution in [1.82, 2.24) is 0 Å². The third-order valence-corrected chi connectivity index (χ3v) is 5.73. The summed E-state index contributed by atoms with van der Waals surface area (Å²) in [7, 11) is -5.88. The SMILES string of the molecule is CC(=O)Oc1cccc2cccc(-c3cccc4cccc(OS(=O)(=O)C(F)(F)F)c34)c12. The molecular formula is C23H15F3O5S. The second kappa shape index (κ2) is 7.83. The Balaban J connectivity index is 2.03. The van der Waals surface area contributed by atoms with Crippen LogP contribution in [0.4, 0.5) is 13.2 Å². The van der Waals surface area contributed by atoms with Crippen LogP contribution in [0.3, 0.4) is 0 Å². The standard InChI is InChI=1S/C23H15F3O5S/c1-14(27)30-19-12-4-8-15-6-2-10-17(21(15)19)18-11-3-7-16-9-5-13-20(22(16)18)31-32(28,29)23(24,25)26/h2-13H,1H3. The molecule has 9 heteroatoms. The van der Waals surface area contributed by atoms with E-state index in [0.29, 0.717) is 21.9 Å². The van der Waals surface area contributed by atoms with Gasteiger partial charge in [0.15, 0.2) is 5.75 Å². The molecule has 0 atom stereocenters. The van der Waals surface area contributed by atoms with E-state index in [1.54, 1.807) is 60.7 Å². The first-order chi connectivity index (χ1) is 15.1. The van der Waals surface area contributed by atoms with Gasteiger partial charge in [-0.15, -0.1) is 0 Å². The first-order valence-electron chi connectivity index (χ1n) is 9.31. The zero-order valence-electron chi connectivity index (χ0n) is 16.5. The quantitative estimate of drug-likeness (QED) is 0.166. The number of hydrogen-bond donors (Lipinski definition) is 0. The lowest BCUT2D eigenvalue weighted by Gasteiger charge is -2.16. The number of esters is 1. The molecule has 4 aromatic rings. The van der Waals surface area contributed by atoms with Gasteiger partial charge in [0.25, 0.3) is 0 Å². The van der Waals surface area contributed by atoms with Gasteiger partial charge in [0.05, 0.1) is 0 Å². The maximum absolute atomic E-state index is 13.0. The molecular weight excluding hydrogens is 445 g/mol. The minimum Gasteiger partial charge on any atom is -0.426 e. The molecule has 0 N–H and O–H groups in total. The molecule has 0 aromatic heterocycles. The number of fused-ring (bicyclic) bond motifs is 2. The molecule has 0 saturated heterocycles.